The van der Waals surface area contributed by atoms with Gasteiger partial charge >= 0.3 is 0 Å². The van der Waals surface area contributed by atoms with Crippen LogP contribution in [0.25, 0.3) is 22.6 Å². The molecule has 0 aromatic carbocycles. The molecule has 1 aliphatic rings. The van der Waals surface area contributed by atoms with Gasteiger partial charge in [0.25, 0.3) is 0 Å². The van der Waals surface area contributed by atoms with Crippen molar-refractivity contribution in [3.8, 4) is 16.9 Å². The highest BCUT2D eigenvalue weighted by Gasteiger charge is 2.12. The van der Waals surface area contributed by atoms with Crippen molar-refractivity contribution in [1.29, 1.82) is 0 Å². The second-order valence-electron chi connectivity index (χ2n) is 8.42. The topological polar surface area (TPSA) is 94.8 Å². The van der Waals surface area contributed by atoms with E-state index in [1.807, 2.05) is 12.3 Å². The Labute approximate surface area is 190 Å². The van der Waals surface area contributed by atoms with E-state index in [2.05, 4.69) is 59.3 Å². The number of aromatic nitrogens is 9. The molecule has 0 amide bonds. The number of rotatable bonds is 6. The predicted octanol–water partition coefficient (Wildman–Crippen LogP) is 2.60. The van der Waals surface area contributed by atoms with Crippen LogP contribution < -0.4 is 0 Å². The largest absolute Gasteiger partial charge is 0.306 e. The standard InChI is InChI=1S/C23H24N10/c1-2-8-30(9-3-1)13-18-4-5-23-27-20(15-31(23)14-18)16-32-17-22(28-29-32)19-10-21(12-24-11-19)33-25-6-7-26-33/h4-7,10-12,14-15,17H,1-3,8-9,13,16H2. The van der Waals surface area contributed by atoms with Gasteiger partial charge < -0.3 is 4.40 Å². The van der Waals surface area contributed by atoms with Gasteiger partial charge in [-0.25, -0.2) is 9.67 Å². The van der Waals surface area contributed by atoms with Crippen LogP contribution >= 0.6 is 0 Å². The quantitative estimate of drug-likeness (QED) is 0.400. The molecule has 0 bridgehead atoms. The van der Waals surface area contributed by atoms with Crippen LogP contribution in [-0.4, -0.2) is 62.3 Å². The lowest BCUT2D eigenvalue weighted by Gasteiger charge is -2.26. The number of imidazole rings is 1. The van der Waals surface area contributed by atoms with Crippen LogP contribution in [0.4, 0.5) is 0 Å². The molecule has 6 rings (SSSR count). The Hall–Kier alpha value is -3.92. The van der Waals surface area contributed by atoms with E-state index in [0.717, 1.165) is 34.8 Å². The first kappa shape index (κ1) is 19.7. The lowest BCUT2D eigenvalue weighted by molar-refractivity contribution is 0.220. The van der Waals surface area contributed by atoms with Gasteiger partial charge in [0, 0.05) is 30.7 Å². The minimum atomic E-state index is 0.546. The van der Waals surface area contributed by atoms with E-state index < -0.39 is 0 Å². The van der Waals surface area contributed by atoms with Gasteiger partial charge in [-0.05, 0) is 43.6 Å². The summed E-state index contributed by atoms with van der Waals surface area (Å²) in [5.41, 5.74) is 5.56. The molecule has 0 atom stereocenters. The molecule has 33 heavy (non-hydrogen) atoms. The Kier molecular flexibility index (Phi) is 5.11. The third-order valence-corrected chi connectivity index (χ3v) is 5.95. The number of hydrogen-bond donors (Lipinski definition) is 0. The molecule has 5 aromatic rings. The van der Waals surface area contributed by atoms with Gasteiger partial charge in [0.1, 0.15) is 17.0 Å². The monoisotopic (exact) mass is 440 g/mol. The molecule has 5 aromatic heterocycles. The highest BCUT2D eigenvalue weighted by molar-refractivity contribution is 5.59. The molecule has 0 spiro atoms. The van der Waals surface area contributed by atoms with Crippen molar-refractivity contribution < 1.29 is 0 Å². The smallest absolute Gasteiger partial charge is 0.137 e. The van der Waals surface area contributed by atoms with E-state index in [9.17, 15) is 0 Å². The first-order valence-electron chi connectivity index (χ1n) is 11.2. The van der Waals surface area contributed by atoms with Crippen LogP contribution in [0.5, 0.6) is 0 Å². The number of piperidine rings is 1. The SMILES string of the molecule is c1cnn(-c2cncc(-c3cn(Cc4cn5cc(CN6CCCCC6)ccc5n4)nn3)c2)n1. The number of hydrogen-bond acceptors (Lipinski definition) is 7. The number of nitrogens with zero attached hydrogens (tertiary/aromatic N) is 10. The molecule has 0 unspecified atom stereocenters. The van der Waals surface area contributed by atoms with Crippen LogP contribution in [0.2, 0.25) is 0 Å². The highest BCUT2D eigenvalue weighted by atomic mass is 15.5. The van der Waals surface area contributed by atoms with E-state index in [1.54, 1.807) is 29.5 Å². The third kappa shape index (κ3) is 4.24. The summed E-state index contributed by atoms with van der Waals surface area (Å²) in [5, 5.41) is 16.9. The molecule has 10 nitrogen and oxygen atoms in total. The zero-order chi connectivity index (χ0) is 22.0. The molecule has 1 aliphatic heterocycles. The third-order valence-electron chi connectivity index (χ3n) is 5.95. The van der Waals surface area contributed by atoms with Crippen molar-refractivity contribution in [2.24, 2.45) is 0 Å². The maximum absolute atomic E-state index is 4.75. The van der Waals surface area contributed by atoms with Crippen LogP contribution in [-0.2, 0) is 13.1 Å². The fraction of sp³-hybridized carbons (Fsp3) is 0.304. The minimum absolute atomic E-state index is 0.546. The summed E-state index contributed by atoms with van der Waals surface area (Å²) < 4.78 is 3.90. The summed E-state index contributed by atoms with van der Waals surface area (Å²) in [4.78, 5) is 13.1. The maximum Gasteiger partial charge on any atom is 0.137 e. The Morgan fingerprint density at radius 1 is 0.879 bits per heavy atom. The molecule has 166 valence electrons. The van der Waals surface area contributed by atoms with Crippen molar-refractivity contribution in [1.82, 2.24) is 49.3 Å². The normalized spacial score (nSPS) is 14.8. The second kappa shape index (κ2) is 8.55. The van der Waals surface area contributed by atoms with Gasteiger partial charge in [0.05, 0.1) is 37.0 Å². The van der Waals surface area contributed by atoms with Crippen LogP contribution in [0.3, 0.4) is 0 Å². The Balaban J connectivity index is 1.18. The summed E-state index contributed by atoms with van der Waals surface area (Å²) in [5.74, 6) is 0. The van der Waals surface area contributed by atoms with Gasteiger partial charge in [-0.1, -0.05) is 17.7 Å². The van der Waals surface area contributed by atoms with E-state index in [1.165, 1.54) is 42.7 Å². The van der Waals surface area contributed by atoms with Gasteiger partial charge in [0.2, 0.25) is 0 Å². The molecular formula is C23H24N10. The second-order valence-corrected chi connectivity index (χ2v) is 8.42. The lowest BCUT2D eigenvalue weighted by Crippen LogP contribution is -2.29. The molecule has 0 N–H and O–H groups in total. The van der Waals surface area contributed by atoms with E-state index in [4.69, 9.17) is 4.98 Å². The molecule has 1 fully saturated rings. The summed E-state index contributed by atoms with van der Waals surface area (Å²) in [6.07, 6.45) is 16.9. The highest BCUT2D eigenvalue weighted by Crippen LogP contribution is 2.19. The van der Waals surface area contributed by atoms with Crippen molar-refractivity contribution in [2.45, 2.75) is 32.4 Å². The minimum Gasteiger partial charge on any atom is -0.306 e. The molecule has 0 saturated carbocycles. The molecular weight excluding hydrogens is 416 g/mol. The molecule has 0 radical (unpaired) electrons. The van der Waals surface area contributed by atoms with Gasteiger partial charge in [-0.2, -0.15) is 15.0 Å². The average molecular weight is 441 g/mol. The lowest BCUT2D eigenvalue weighted by atomic mass is 10.1. The van der Waals surface area contributed by atoms with Gasteiger partial charge in [-0.15, -0.1) is 5.10 Å². The summed E-state index contributed by atoms with van der Waals surface area (Å²) in [7, 11) is 0. The van der Waals surface area contributed by atoms with E-state index in [0.29, 0.717) is 6.54 Å². The van der Waals surface area contributed by atoms with E-state index >= 15 is 0 Å². The van der Waals surface area contributed by atoms with Gasteiger partial charge in [0.15, 0.2) is 0 Å². The Bertz CT molecular complexity index is 1360. The van der Waals surface area contributed by atoms with Crippen molar-refractivity contribution >= 4 is 5.65 Å². The Morgan fingerprint density at radius 2 is 1.76 bits per heavy atom. The first-order chi connectivity index (χ1) is 16.3. The molecule has 0 aliphatic carbocycles. The zero-order valence-corrected chi connectivity index (χ0v) is 18.2. The molecule has 1 saturated heterocycles. The van der Waals surface area contributed by atoms with Crippen molar-refractivity contribution in [3.05, 3.63) is 72.8 Å². The fourth-order valence-corrected chi connectivity index (χ4v) is 4.34. The fourth-order valence-electron chi connectivity index (χ4n) is 4.34. The molecule has 6 heterocycles. The summed E-state index contributed by atoms with van der Waals surface area (Å²) in [6.45, 7) is 3.93. The number of likely N-dealkylation sites (tertiary alicyclic amines) is 1. The van der Waals surface area contributed by atoms with Gasteiger partial charge in [-0.3, -0.25) is 9.88 Å². The maximum atomic E-state index is 4.75. The number of fused-ring (bicyclic) bond motifs is 1. The molecule has 10 heteroatoms. The first-order valence-corrected chi connectivity index (χ1v) is 11.2. The summed E-state index contributed by atoms with van der Waals surface area (Å²) >= 11 is 0. The summed E-state index contributed by atoms with van der Waals surface area (Å²) in [6, 6.07) is 6.22. The van der Waals surface area contributed by atoms with E-state index in [-0.39, 0.29) is 0 Å². The van der Waals surface area contributed by atoms with Crippen LogP contribution in [0, 0.1) is 0 Å². The number of pyridine rings is 2. The van der Waals surface area contributed by atoms with Crippen LogP contribution in [0.15, 0.2) is 61.6 Å². The van der Waals surface area contributed by atoms with Crippen molar-refractivity contribution in [3.63, 3.8) is 0 Å². The van der Waals surface area contributed by atoms with Crippen molar-refractivity contribution in [2.75, 3.05) is 13.1 Å². The Morgan fingerprint density at radius 3 is 2.64 bits per heavy atom. The zero-order valence-electron chi connectivity index (χ0n) is 18.2. The predicted molar refractivity (Wildman–Crippen MR) is 122 cm³/mol. The van der Waals surface area contributed by atoms with Crippen LogP contribution in [0.1, 0.15) is 30.5 Å². The average Bonchev–Trinajstić information content (AvgIpc) is 3.61.